The molecule has 0 fully saturated rings. The van der Waals surface area contributed by atoms with E-state index < -0.39 is 11.7 Å². The van der Waals surface area contributed by atoms with Gasteiger partial charge in [-0.2, -0.15) is 10.5 Å². The van der Waals surface area contributed by atoms with Crippen LogP contribution in [0.5, 0.6) is 5.75 Å². The number of anilines is 1. The van der Waals surface area contributed by atoms with Crippen molar-refractivity contribution >= 4 is 49.5 Å². The predicted octanol–water partition coefficient (Wildman–Crippen LogP) is 6.35. The topological polar surface area (TPSA) is 85.9 Å². The molecule has 158 valence electrons. The molecular weight excluding hydrogens is 541 g/mol. The second kappa shape index (κ2) is 10.7. The van der Waals surface area contributed by atoms with E-state index in [9.17, 15) is 19.7 Å². The van der Waals surface area contributed by atoms with E-state index in [4.69, 9.17) is 4.74 Å². The number of ether oxygens (including phenoxy) is 1. The minimum atomic E-state index is -0.724. The third kappa shape index (κ3) is 5.61. The van der Waals surface area contributed by atoms with Gasteiger partial charge in [0.2, 0.25) is 0 Å². The number of rotatable bonds is 6. The lowest BCUT2D eigenvalue weighted by molar-refractivity contribution is -0.112. The molecule has 32 heavy (non-hydrogen) atoms. The van der Waals surface area contributed by atoms with Crippen molar-refractivity contribution in [2.75, 3.05) is 5.32 Å². The van der Waals surface area contributed by atoms with Crippen molar-refractivity contribution in [2.45, 2.75) is 6.61 Å². The molecule has 0 aliphatic heterocycles. The molecule has 3 rings (SSSR count). The number of para-hydroxylation sites is 1. The fourth-order valence-corrected chi connectivity index (χ4v) is 4.22. The van der Waals surface area contributed by atoms with Crippen LogP contribution in [-0.4, -0.2) is 5.91 Å². The fourth-order valence-electron chi connectivity index (χ4n) is 2.77. The van der Waals surface area contributed by atoms with Crippen LogP contribution in [0.3, 0.4) is 0 Å². The molecule has 0 bridgehead atoms. The van der Waals surface area contributed by atoms with E-state index in [0.717, 1.165) is 5.56 Å². The number of hydrogen-bond donors (Lipinski definition) is 1. The summed E-state index contributed by atoms with van der Waals surface area (Å²) in [5.74, 6) is -0.814. The summed E-state index contributed by atoms with van der Waals surface area (Å²) in [7, 11) is 0. The van der Waals surface area contributed by atoms with Gasteiger partial charge in [0.15, 0.2) is 0 Å². The van der Waals surface area contributed by atoms with Crippen LogP contribution >= 0.6 is 31.9 Å². The van der Waals surface area contributed by atoms with Gasteiger partial charge in [0, 0.05) is 5.56 Å². The van der Waals surface area contributed by atoms with Gasteiger partial charge in [-0.05, 0) is 73.8 Å². The van der Waals surface area contributed by atoms with Crippen molar-refractivity contribution in [3.8, 4) is 17.9 Å². The number of halogens is 3. The SMILES string of the molecule is N#C/C(=C/c1cc(Br)c(OCc2ccccc2C#N)c(Br)c1)C(=O)Nc1ccccc1F. The van der Waals surface area contributed by atoms with Crippen LogP contribution in [-0.2, 0) is 11.4 Å². The first-order chi connectivity index (χ1) is 15.4. The maximum atomic E-state index is 13.8. The van der Waals surface area contributed by atoms with E-state index in [0.29, 0.717) is 25.8 Å². The largest absolute Gasteiger partial charge is 0.486 e. The van der Waals surface area contributed by atoms with Gasteiger partial charge in [-0.3, -0.25) is 4.79 Å². The number of carbonyl (C=O) groups is 1. The van der Waals surface area contributed by atoms with Gasteiger partial charge in [0.05, 0.1) is 26.3 Å². The van der Waals surface area contributed by atoms with E-state index in [1.807, 2.05) is 18.2 Å². The summed E-state index contributed by atoms with van der Waals surface area (Å²) < 4.78 is 20.8. The van der Waals surface area contributed by atoms with Gasteiger partial charge >= 0.3 is 0 Å². The summed E-state index contributed by atoms with van der Waals surface area (Å²) in [5, 5.41) is 21.0. The number of nitriles is 2. The van der Waals surface area contributed by atoms with Crippen molar-refractivity contribution in [1.29, 1.82) is 10.5 Å². The molecule has 8 heteroatoms. The highest BCUT2D eigenvalue weighted by Crippen LogP contribution is 2.36. The molecule has 0 heterocycles. The smallest absolute Gasteiger partial charge is 0.266 e. The molecule has 0 aliphatic rings. The lowest BCUT2D eigenvalue weighted by Crippen LogP contribution is -2.14. The van der Waals surface area contributed by atoms with Gasteiger partial charge in [-0.1, -0.05) is 30.3 Å². The average Bonchev–Trinajstić information content (AvgIpc) is 2.78. The molecule has 0 radical (unpaired) electrons. The van der Waals surface area contributed by atoms with Gasteiger partial charge in [0.25, 0.3) is 5.91 Å². The Morgan fingerprint density at radius 2 is 1.72 bits per heavy atom. The summed E-state index contributed by atoms with van der Waals surface area (Å²) in [6.07, 6.45) is 1.39. The standard InChI is InChI=1S/C24H14Br2FN3O2/c25-19-10-15(9-18(13-29)24(31)30-22-8-4-3-7-21(22)27)11-20(26)23(19)32-14-17-6-2-1-5-16(17)12-28/h1-11H,14H2,(H,30,31)/b18-9-. The van der Waals surface area contributed by atoms with E-state index in [1.54, 1.807) is 30.3 Å². The highest BCUT2D eigenvalue weighted by molar-refractivity contribution is 9.11. The third-order valence-corrected chi connectivity index (χ3v) is 5.51. The summed E-state index contributed by atoms with van der Waals surface area (Å²) >= 11 is 6.87. The average molecular weight is 555 g/mol. The zero-order valence-corrected chi connectivity index (χ0v) is 19.6. The Bertz CT molecular complexity index is 1270. The molecule has 0 unspecified atom stereocenters. The first-order valence-electron chi connectivity index (χ1n) is 9.20. The second-order valence-electron chi connectivity index (χ2n) is 6.48. The summed E-state index contributed by atoms with van der Waals surface area (Å²) in [6.45, 7) is 0.185. The van der Waals surface area contributed by atoms with E-state index >= 15 is 0 Å². The van der Waals surface area contributed by atoms with Crippen molar-refractivity contribution < 1.29 is 13.9 Å². The molecule has 1 amide bonds. The van der Waals surface area contributed by atoms with Crippen LogP contribution in [0.15, 0.2) is 75.2 Å². The Labute approximate surface area is 201 Å². The summed E-state index contributed by atoms with van der Waals surface area (Å²) in [5.41, 5.74) is 1.62. The lowest BCUT2D eigenvalue weighted by Gasteiger charge is -2.12. The van der Waals surface area contributed by atoms with Crippen LogP contribution in [0.1, 0.15) is 16.7 Å². The third-order valence-electron chi connectivity index (χ3n) is 4.33. The molecule has 3 aromatic carbocycles. The number of benzene rings is 3. The van der Waals surface area contributed by atoms with E-state index in [2.05, 4.69) is 43.2 Å². The van der Waals surface area contributed by atoms with Crippen LogP contribution in [0.4, 0.5) is 10.1 Å². The minimum absolute atomic E-state index is 0.0117. The number of carbonyl (C=O) groups excluding carboxylic acids is 1. The summed E-state index contributed by atoms with van der Waals surface area (Å²) in [6, 6.07) is 20.2. The molecular formula is C24H14Br2FN3O2. The van der Waals surface area contributed by atoms with Gasteiger partial charge < -0.3 is 10.1 Å². The van der Waals surface area contributed by atoms with E-state index in [-0.39, 0.29) is 17.9 Å². The molecule has 0 aromatic heterocycles. The van der Waals surface area contributed by atoms with Crippen LogP contribution < -0.4 is 10.1 Å². The molecule has 0 spiro atoms. The predicted molar refractivity (Wildman–Crippen MR) is 126 cm³/mol. The van der Waals surface area contributed by atoms with Gasteiger partial charge in [0.1, 0.15) is 29.8 Å². The molecule has 5 nitrogen and oxygen atoms in total. The Morgan fingerprint density at radius 1 is 1.06 bits per heavy atom. The Balaban J connectivity index is 1.80. The highest BCUT2D eigenvalue weighted by Gasteiger charge is 2.14. The fraction of sp³-hybridized carbons (Fsp3) is 0.0417. The first kappa shape index (κ1) is 23.2. The van der Waals surface area contributed by atoms with Crippen LogP contribution in [0, 0.1) is 28.5 Å². The normalized spacial score (nSPS) is 10.7. The zero-order valence-electron chi connectivity index (χ0n) is 16.4. The molecule has 0 atom stereocenters. The maximum Gasteiger partial charge on any atom is 0.266 e. The maximum absolute atomic E-state index is 13.8. The van der Waals surface area contributed by atoms with Crippen molar-refractivity contribution in [3.63, 3.8) is 0 Å². The molecule has 1 N–H and O–H groups in total. The van der Waals surface area contributed by atoms with Gasteiger partial charge in [-0.25, -0.2) is 4.39 Å². The molecule has 0 saturated heterocycles. The Morgan fingerprint density at radius 3 is 2.38 bits per heavy atom. The number of nitrogens with one attached hydrogen (secondary N) is 1. The molecule has 0 saturated carbocycles. The number of amides is 1. The zero-order chi connectivity index (χ0) is 23.1. The Kier molecular flexibility index (Phi) is 7.77. The highest BCUT2D eigenvalue weighted by atomic mass is 79.9. The monoisotopic (exact) mass is 553 g/mol. The Hall–Kier alpha value is -3.46. The lowest BCUT2D eigenvalue weighted by atomic mass is 10.1. The van der Waals surface area contributed by atoms with E-state index in [1.165, 1.54) is 24.3 Å². The van der Waals surface area contributed by atoms with Gasteiger partial charge in [-0.15, -0.1) is 0 Å². The van der Waals surface area contributed by atoms with Crippen LogP contribution in [0.25, 0.3) is 6.08 Å². The van der Waals surface area contributed by atoms with Crippen molar-refractivity contribution in [1.82, 2.24) is 0 Å². The number of hydrogen-bond acceptors (Lipinski definition) is 4. The van der Waals surface area contributed by atoms with Crippen molar-refractivity contribution in [3.05, 3.63) is 97.7 Å². The number of nitrogens with zero attached hydrogens (tertiary/aromatic N) is 2. The molecule has 3 aromatic rings. The van der Waals surface area contributed by atoms with Crippen LogP contribution in [0.2, 0.25) is 0 Å². The second-order valence-corrected chi connectivity index (χ2v) is 8.18. The quantitative estimate of drug-likeness (QED) is 0.284. The first-order valence-corrected chi connectivity index (χ1v) is 10.8. The van der Waals surface area contributed by atoms with Crippen molar-refractivity contribution in [2.24, 2.45) is 0 Å². The minimum Gasteiger partial charge on any atom is -0.486 e. The summed E-state index contributed by atoms with van der Waals surface area (Å²) in [4.78, 5) is 12.4. The molecule has 0 aliphatic carbocycles.